The summed E-state index contributed by atoms with van der Waals surface area (Å²) in [6.45, 7) is -0.630. The number of rotatable bonds is 5. The van der Waals surface area contributed by atoms with Crippen LogP contribution in [0.3, 0.4) is 0 Å². The molecule has 0 fully saturated rings. The van der Waals surface area contributed by atoms with Gasteiger partial charge in [-0.2, -0.15) is 0 Å². The number of ether oxygens (including phenoxy) is 1. The number of anilines is 1. The van der Waals surface area contributed by atoms with Gasteiger partial charge in [-0.1, -0.05) is 30.3 Å². The maximum absolute atomic E-state index is 12.8. The molecule has 3 aromatic carbocycles. The Labute approximate surface area is 189 Å². The Bertz CT molecular complexity index is 1440. The number of carbonyl (C=O) groups is 4. The zero-order valence-corrected chi connectivity index (χ0v) is 18.1. The van der Waals surface area contributed by atoms with Crippen molar-refractivity contribution in [1.82, 2.24) is 0 Å². The van der Waals surface area contributed by atoms with Gasteiger partial charge in [0.15, 0.2) is 28.0 Å². The van der Waals surface area contributed by atoms with Gasteiger partial charge in [-0.05, 0) is 36.4 Å². The van der Waals surface area contributed by atoms with E-state index < -0.39 is 28.3 Å². The number of hydrogen-bond donors (Lipinski definition) is 1. The number of fused-ring (bicyclic) bond motifs is 2. The summed E-state index contributed by atoms with van der Waals surface area (Å²) in [5.74, 6) is -2.13. The predicted octanol–water partition coefficient (Wildman–Crippen LogP) is 2.66. The van der Waals surface area contributed by atoms with Crippen molar-refractivity contribution in [3.8, 4) is 0 Å². The number of ketones is 2. The van der Waals surface area contributed by atoms with Gasteiger partial charge in [-0.15, -0.1) is 0 Å². The molecular weight excluding hydrogens is 446 g/mol. The fraction of sp³-hybridized carbons (Fsp3) is 0.0833. The number of hydrogen-bond acceptors (Lipinski definition) is 7. The topological polar surface area (TPSA) is 124 Å². The zero-order chi connectivity index (χ0) is 23.8. The molecule has 0 unspecified atom stereocenters. The zero-order valence-electron chi connectivity index (χ0n) is 17.3. The average molecular weight is 463 g/mol. The van der Waals surface area contributed by atoms with Crippen molar-refractivity contribution < 1.29 is 32.3 Å². The Morgan fingerprint density at radius 3 is 2.12 bits per heavy atom. The molecular formula is C24H17NO7S. The van der Waals surface area contributed by atoms with Gasteiger partial charge in [0.1, 0.15) is 0 Å². The lowest BCUT2D eigenvalue weighted by molar-refractivity contribution is -0.119. The molecule has 33 heavy (non-hydrogen) atoms. The number of benzene rings is 3. The van der Waals surface area contributed by atoms with E-state index in [4.69, 9.17) is 4.74 Å². The van der Waals surface area contributed by atoms with Crippen LogP contribution in [0.5, 0.6) is 0 Å². The van der Waals surface area contributed by atoms with Crippen molar-refractivity contribution in [3.05, 3.63) is 94.5 Å². The van der Waals surface area contributed by atoms with Crippen molar-refractivity contribution in [2.75, 3.05) is 18.2 Å². The van der Waals surface area contributed by atoms with Crippen LogP contribution in [0.15, 0.2) is 71.6 Å². The van der Waals surface area contributed by atoms with Gasteiger partial charge >= 0.3 is 5.97 Å². The molecule has 0 radical (unpaired) electrons. The molecule has 4 rings (SSSR count). The number of esters is 1. The third kappa shape index (κ3) is 4.44. The minimum Gasteiger partial charge on any atom is -0.452 e. The first-order chi connectivity index (χ1) is 15.6. The first-order valence-electron chi connectivity index (χ1n) is 9.75. The number of nitrogens with one attached hydrogen (secondary N) is 1. The summed E-state index contributed by atoms with van der Waals surface area (Å²) in [6.07, 6.45) is 1.01. The van der Waals surface area contributed by atoms with E-state index in [1.165, 1.54) is 42.5 Å². The Kier molecular flexibility index (Phi) is 5.65. The molecule has 0 aromatic heterocycles. The lowest BCUT2D eigenvalue weighted by Gasteiger charge is -2.18. The van der Waals surface area contributed by atoms with Gasteiger partial charge in [-0.3, -0.25) is 14.4 Å². The van der Waals surface area contributed by atoms with Crippen LogP contribution in [0.25, 0.3) is 0 Å². The summed E-state index contributed by atoms with van der Waals surface area (Å²) >= 11 is 0. The van der Waals surface area contributed by atoms with Crippen LogP contribution in [-0.2, 0) is 19.4 Å². The summed E-state index contributed by atoms with van der Waals surface area (Å²) in [4.78, 5) is 49.8. The van der Waals surface area contributed by atoms with E-state index in [9.17, 15) is 27.6 Å². The van der Waals surface area contributed by atoms with E-state index in [-0.39, 0.29) is 38.8 Å². The minimum atomic E-state index is -3.50. The van der Waals surface area contributed by atoms with Crippen molar-refractivity contribution in [1.29, 1.82) is 0 Å². The van der Waals surface area contributed by atoms with E-state index in [0.29, 0.717) is 11.1 Å². The normalized spacial score (nSPS) is 12.5. The fourth-order valence-electron chi connectivity index (χ4n) is 3.44. The largest absolute Gasteiger partial charge is 0.452 e. The summed E-state index contributed by atoms with van der Waals surface area (Å²) in [7, 11) is -3.50. The first kappa shape index (κ1) is 22.1. The number of amides is 1. The third-order valence-corrected chi connectivity index (χ3v) is 6.15. The second kappa shape index (κ2) is 8.44. The fourth-order valence-corrected chi connectivity index (χ4v) is 4.11. The molecule has 0 atom stereocenters. The molecule has 1 amide bonds. The average Bonchev–Trinajstić information content (AvgIpc) is 2.80. The van der Waals surface area contributed by atoms with Gasteiger partial charge in [0.05, 0.1) is 10.5 Å². The molecule has 0 aliphatic heterocycles. The van der Waals surface area contributed by atoms with Crippen molar-refractivity contribution in [2.45, 2.75) is 4.90 Å². The minimum absolute atomic E-state index is 0.0118. The third-order valence-electron chi connectivity index (χ3n) is 5.04. The van der Waals surface area contributed by atoms with Gasteiger partial charge < -0.3 is 10.1 Å². The number of carbonyl (C=O) groups excluding carboxylic acids is 4. The lowest BCUT2D eigenvalue weighted by Crippen LogP contribution is -2.23. The smallest absolute Gasteiger partial charge is 0.338 e. The maximum atomic E-state index is 12.8. The highest BCUT2D eigenvalue weighted by Gasteiger charge is 2.29. The van der Waals surface area contributed by atoms with Crippen LogP contribution < -0.4 is 5.32 Å². The monoisotopic (exact) mass is 463 g/mol. The maximum Gasteiger partial charge on any atom is 0.338 e. The molecule has 0 bridgehead atoms. The second-order valence-electron chi connectivity index (χ2n) is 7.39. The molecule has 166 valence electrons. The second-order valence-corrected chi connectivity index (χ2v) is 9.40. The summed E-state index contributed by atoms with van der Waals surface area (Å²) < 4.78 is 28.2. The summed E-state index contributed by atoms with van der Waals surface area (Å²) in [6, 6.07) is 16.1. The summed E-state index contributed by atoms with van der Waals surface area (Å²) in [5, 5.41) is 2.52. The molecule has 0 heterocycles. The van der Waals surface area contributed by atoms with Crippen LogP contribution in [0.1, 0.15) is 42.2 Å². The molecule has 0 saturated carbocycles. The van der Waals surface area contributed by atoms with E-state index in [2.05, 4.69) is 5.32 Å². The molecule has 9 heteroatoms. The van der Waals surface area contributed by atoms with Crippen molar-refractivity contribution >= 4 is 39.0 Å². The van der Waals surface area contributed by atoms with Crippen LogP contribution in [0.2, 0.25) is 0 Å². The molecule has 1 aliphatic rings. The Hall–Kier alpha value is -4.11. The van der Waals surface area contributed by atoms with E-state index >= 15 is 0 Å². The van der Waals surface area contributed by atoms with Crippen LogP contribution >= 0.6 is 0 Å². The van der Waals surface area contributed by atoms with Crippen LogP contribution in [-0.4, -0.2) is 44.7 Å². The Balaban J connectivity index is 1.44. The van der Waals surface area contributed by atoms with Gasteiger partial charge in [-0.25, -0.2) is 13.2 Å². The van der Waals surface area contributed by atoms with Crippen LogP contribution in [0.4, 0.5) is 5.69 Å². The van der Waals surface area contributed by atoms with Crippen molar-refractivity contribution in [3.63, 3.8) is 0 Å². The number of sulfone groups is 1. The highest BCUT2D eigenvalue weighted by atomic mass is 32.2. The molecule has 1 aliphatic carbocycles. The predicted molar refractivity (Wildman–Crippen MR) is 118 cm³/mol. The van der Waals surface area contributed by atoms with Gasteiger partial charge in [0.25, 0.3) is 5.91 Å². The first-order valence-corrected chi connectivity index (χ1v) is 11.6. The van der Waals surface area contributed by atoms with E-state index in [0.717, 1.165) is 6.26 Å². The molecule has 0 saturated heterocycles. The molecule has 8 nitrogen and oxygen atoms in total. The quantitative estimate of drug-likeness (QED) is 0.451. The molecule has 0 spiro atoms. The van der Waals surface area contributed by atoms with Crippen molar-refractivity contribution in [2.24, 2.45) is 0 Å². The lowest BCUT2D eigenvalue weighted by atomic mass is 9.84. The summed E-state index contributed by atoms with van der Waals surface area (Å²) in [5.41, 5.74) is 1.29. The van der Waals surface area contributed by atoms with Crippen LogP contribution in [0, 0.1) is 0 Å². The Morgan fingerprint density at radius 1 is 0.818 bits per heavy atom. The van der Waals surface area contributed by atoms with E-state index in [1.54, 1.807) is 24.3 Å². The Morgan fingerprint density at radius 2 is 1.45 bits per heavy atom. The van der Waals surface area contributed by atoms with E-state index in [1.807, 2.05) is 0 Å². The highest BCUT2D eigenvalue weighted by Crippen LogP contribution is 2.29. The van der Waals surface area contributed by atoms with Gasteiger partial charge in [0.2, 0.25) is 0 Å². The standard InChI is InChI=1S/C24H17NO7S/c1-33(30,31)16-6-4-5-14(11-16)24(29)32-13-21(26)25-15-9-10-19-20(12-15)23(28)18-8-3-2-7-17(18)22(19)27/h2-12H,13H2,1H3,(H,25,26). The SMILES string of the molecule is CS(=O)(=O)c1cccc(C(=O)OCC(=O)Nc2ccc3c(c2)C(=O)c2ccccc2C3=O)c1. The highest BCUT2D eigenvalue weighted by molar-refractivity contribution is 7.90. The van der Waals surface area contributed by atoms with Gasteiger partial charge in [0, 0.05) is 34.2 Å². The molecule has 1 N–H and O–H groups in total. The molecule has 3 aromatic rings.